The maximum absolute atomic E-state index is 12.4. The molecule has 3 fully saturated rings. The van der Waals surface area contributed by atoms with Crippen LogP contribution >= 0.6 is 0 Å². The van der Waals surface area contributed by atoms with Gasteiger partial charge in [-0.05, 0) is 38.1 Å². The van der Waals surface area contributed by atoms with Crippen LogP contribution in [0.5, 0.6) is 0 Å². The van der Waals surface area contributed by atoms with E-state index in [2.05, 4.69) is 10.2 Å². The fraction of sp³-hybridized carbons (Fsp3) is 0.933. The lowest BCUT2D eigenvalue weighted by Gasteiger charge is -2.27. The molecule has 2 amide bonds. The zero-order chi connectivity index (χ0) is 13.2. The van der Waals surface area contributed by atoms with Crippen LogP contribution in [0.4, 0.5) is 4.79 Å². The summed E-state index contributed by atoms with van der Waals surface area (Å²) in [5, 5.41) is 3.55. The van der Waals surface area contributed by atoms with Gasteiger partial charge in [0.15, 0.2) is 0 Å². The molecule has 0 aromatic heterocycles. The minimum absolute atomic E-state index is 0.254. The van der Waals surface area contributed by atoms with Gasteiger partial charge >= 0.3 is 6.03 Å². The summed E-state index contributed by atoms with van der Waals surface area (Å²) < 4.78 is 0. The molecule has 2 aliphatic heterocycles. The van der Waals surface area contributed by atoms with Crippen molar-refractivity contribution in [3.8, 4) is 0 Å². The number of hydrogen-bond acceptors (Lipinski definition) is 2. The number of piperidine rings is 1. The Hall–Kier alpha value is -0.770. The predicted molar refractivity (Wildman–Crippen MR) is 76.1 cm³/mol. The predicted octanol–water partition coefficient (Wildman–Crippen LogP) is 2.05. The average molecular weight is 265 g/mol. The van der Waals surface area contributed by atoms with Crippen LogP contribution in [0.15, 0.2) is 0 Å². The molecule has 0 spiro atoms. The van der Waals surface area contributed by atoms with Crippen LogP contribution in [0.3, 0.4) is 0 Å². The van der Waals surface area contributed by atoms with Crippen LogP contribution in [0.25, 0.3) is 0 Å². The van der Waals surface area contributed by atoms with Gasteiger partial charge in [-0.25, -0.2) is 4.79 Å². The van der Waals surface area contributed by atoms with E-state index in [4.69, 9.17) is 0 Å². The van der Waals surface area contributed by atoms with Crippen LogP contribution in [0.2, 0.25) is 0 Å². The number of likely N-dealkylation sites (N-methyl/N-ethyl adjacent to an activating group) is 1. The fourth-order valence-corrected chi connectivity index (χ4v) is 4.10. The molecule has 0 bridgehead atoms. The number of hydrogen-bond donors (Lipinski definition) is 1. The van der Waals surface area contributed by atoms with E-state index in [0.717, 1.165) is 25.6 Å². The second-order valence-corrected chi connectivity index (χ2v) is 6.56. The zero-order valence-corrected chi connectivity index (χ0v) is 12.1. The molecule has 2 saturated heterocycles. The minimum atomic E-state index is 0.254. The van der Waals surface area contributed by atoms with Crippen molar-refractivity contribution in [2.24, 2.45) is 5.92 Å². The molecule has 2 heterocycles. The summed E-state index contributed by atoms with van der Waals surface area (Å²) in [6, 6.07) is 1.25. The van der Waals surface area contributed by atoms with Crippen molar-refractivity contribution in [1.82, 2.24) is 15.1 Å². The highest BCUT2D eigenvalue weighted by Gasteiger charge is 2.40. The molecular formula is C15H27N3O. The Labute approximate surface area is 116 Å². The van der Waals surface area contributed by atoms with Crippen molar-refractivity contribution < 1.29 is 4.79 Å². The third-order valence-corrected chi connectivity index (χ3v) is 5.27. The Morgan fingerprint density at radius 3 is 2.58 bits per heavy atom. The first kappa shape index (κ1) is 13.2. The molecule has 1 saturated carbocycles. The van der Waals surface area contributed by atoms with Crippen LogP contribution in [0.1, 0.15) is 44.9 Å². The Morgan fingerprint density at radius 2 is 1.89 bits per heavy atom. The number of amides is 2. The van der Waals surface area contributed by atoms with Gasteiger partial charge in [-0.3, -0.25) is 0 Å². The van der Waals surface area contributed by atoms with E-state index in [1.54, 1.807) is 0 Å². The first-order valence-electron chi connectivity index (χ1n) is 8.01. The topological polar surface area (TPSA) is 35.6 Å². The van der Waals surface area contributed by atoms with Crippen molar-refractivity contribution in [1.29, 1.82) is 0 Å². The zero-order valence-electron chi connectivity index (χ0n) is 12.1. The molecule has 3 aliphatic rings. The molecule has 2 unspecified atom stereocenters. The first-order chi connectivity index (χ1) is 9.25. The van der Waals surface area contributed by atoms with E-state index in [0.29, 0.717) is 12.1 Å². The van der Waals surface area contributed by atoms with Gasteiger partial charge in [0.25, 0.3) is 0 Å². The maximum Gasteiger partial charge on any atom is 0.320 e. The Morgan fingerprint density at radius 1 is 1.16 bits per heavy atom. The number of nitrogens with zero attached hydrogens (tertiary/aromatic N) is 2. The van der Waals surface area contributed by atoms with Gasteiger partial charge in [0, 0.05) is 26.2 Å². The molecule has 0 radical (unpaired) electrons. The molecule has 4 heteroatoms. The summed E-state index contributed by atoms with van der Waals surface area (Å²) in [4.78, 5) is 16.5. The minimum Gasteiger partial charge on any atom is -0.323 e. The van der Waals surface area contributed by atoms with E-state index in [1.165, 1.54) is 44.9 Å². The molecule has 4 nitrogen and oxygen atoms in total. The Bertz CT molecular complexity index is 321. The molecule has 1 aliphatic carbocycles. The molecule has 108 valence electrons. The monoisotopic (exact) mass is 265 g/mol. The van der Waals surface area contributed by atoms with E-state index >= 15 is 0 Å². The normalized spacial score (nSPS) is 33.4. The highest BCUT2D eigenvalue weighted by molar-refractivity contribution is 5.77. The number of carbonyl (C=O) groups excluding carboxylic acids is 1. The third-order valence-electron chi connectivity index (χ3n) is 5.27. The number of urea groups is 1. The molecule has 19 heavy (non-hydrogen) atoms. The molecule has 1 N–H and O–H groups in total. The van der Waals surface area contributed by atoms with Crippen molar-refractivity contribution in [2.45, 2.75) is 57.0 Å². The Kier molecular flexibility index (Phi) is 3.96. The van der Waals surface area contributed by atoms with Gasteiger partial charge in [-0.2, -0.15) is 0 Å². The molecule has 0 aromatic rings. The van der Waals surface area contributed by atoms with Crippen LogP contribution in [0, 0.1) is 5.92 Å². The van der Waals surface area contributed by atoms with E-state index in [-0.39, 0.29) is 6.03 Å². The number of rotatable bonds is 3. The van der Waals surface area contributed by atoms with Crippen LogP contribution in [-0.4, -0.2) is 54.6 Å². The largest absolute Gasteiger partial charge is 0.323 e. The SMILES string of the molecule is CN1C(=O)N(CC2CCCCN2)CC1C1CCCC1. The van der Waals surface area contributed by atoms with Crippen molar-refractivity contribution >= 4 is 6.03 Å². The quantitative estimate of drug-likeness (QED) is 0.848. The van der Waals surface area contributed by atoms with Crippen LogP contribution in [-0.2, 0) is 0 Å². The Balaban J connectivity index is 1.58. The summed E-state index contributed by atoms with van der Waals surface area (Å²) >= 11 is 0. The van der Waals surface area contributed by atoms with Crippen molar-refractivity contribution in [3.63, 3.8) is 0 Å². The van der Waals surface area contributed by atoms with Gasteiger partial charge in [0.05, 0.1) is 6.04 Å². The maximum atomic E-state index is 12.4. The van der Waals surface area contributed by atoms with E-state index < -0.39 is 0 Å². The number of carbonyl (C=O) groups is 1. The first-order valence-corrected chi connectivity index (χ1v) is 8.01. The standard InChI is InChI=1S/C15H27N3O/c1-17-14(12-6-2-3-7-12)11-18(15(17)19)10-13-8-4-5-9-16-13/h12-14,16H,2-11H2,1H3. The van der Waals surface area contributed by atoms with E-state index in [1.807, 2.05) is 11.9 Å². The summed E-state index contributed by atoms with van der Waals surface area (Å²) in [5.74, 6) is 0.748. The number of nitrogens with one attached hydrogen (secondary N) is 1. The highest BCUT2D eigenvalue weighted by Crippen LogP contribution is 2.33. The molecule has 3 rings (SSSR count). The van der Waals surface area contributed by atoms with Gasteiger partial charge in [-0.1, -0.05) is 19.3 Å². The van der Waals surface area contributed by atoms with Crippen molar-refractivity contribution in [2.75, 3.05) is 26.7 Å². The van der Waals surface area contributed by atoms with Gasteiger partial charge in [-0.15, -0.1) is 0 Å². The smallest absolute Gasteiger partial charge is 0.320 e. The molecule has 2 atom stereocenters. The molecule has 0 aromatic carbocycles. The highest BCUT2D eigenvalue weighted by atomic mass is 16.2. The van der Waals surface area contributed by atoms with Crippen LogP contribution < -0.4 is 5.32 Å². The summed E-state index contributed by atoms with van der Waals surface area (Å²) in [5.41, 5.74) is 0. The lowest BCUT2D eigenvalue weighted by molar-refractivity contribution is 0.185. The molecular weight excluding hydrogens is 238 g/mol. The summed E-state index contributed by atoms with van der Waals surface area (Å²) in [6.07, 6.45) is 9.16. The lowest BCUT2D eigenvalue weighted by Crippen LogP contribution is -2.44. The summed E-state index contributed by atoms with van der Waals surface area (Å²) in [6.45, 7) is 2.99. The van der Waals surface area contributed by atoms with Gasteiger partial charge in [0.2, 0.25) is 0 Å². The lowest BCUT2D eigenvalue weighted by atomic mass is 9.98. The van der Waals surface area contributed by atoms with Gasteiger partial charge < -0.3 is 15.1 Å². The second-order valence-electron chi connectivity index (χ2n) is 6.56. The fourth-order valence-electron chi connectivity index (χ4n) is 4.10. The van der Waals surface area contributed by atoms with E-state index in [9.17, 15) is 4.79 Å². The summed E-state index contributed by atoms with van der Waals surface area (Å²) in [7, 11) is 2.00. The van der Waals surface area contributed by atoms with Crippen molar-refractivity contribution in [3.05, 3.63) is 0 Å². The average Bonchev–Trinajstić information content (AvgIpc) is 3.04. The van der Waals surface area contributed by atoms with Gasteiger partial charge in [0.1, 0.15) is 0 Å². The third kappa shape index (κ3) is 2.73. The second kappa shape index (κ2) is 5.70.